The summed E-state index contributed by atoms with van der Waals surface area (Å²) in [5.74, 6) is 1.37. The molecule has 4 rings (SSSR count). The average Bonchev–Trinajstić information content (AvgIpc) is 0.823. The summed E-state index contributed by atoms with van der Waals surface area (Å²) >= 11 is 5.72. The molecule has 3 aromatic rings. The van der Waals surface area contributed by atoms with Crippen molar-refractivity contribution >= 4 is 95.4 Å². The maximum atomic E-state index is 13.8. The molecule has 1 aliphatic rings. The van der Waals surface area contributed by atoms with Crippen LogP contribution in [0.4, 0.5) is 0 Å². The highest BCUT2D eigenvalue weighted by atomic mass is 35.5. The number of aliphatic hydroxyl groups is 1. The highest BCUT2D eigenvalue weighted by molar-refractivity contribution is 6.30. The highest BCUT2D eigenvalue weighted by Crippen LogP contribution is 2.20. The quantitative estimate of drug-likeness (QED) is 0.0500. The summed E-state index contributed by atoms with van der Waals surface area (Å²) in [7, 11) is 7.64. The number of carbonyl (C=O) groups excluding carboxylic acids is 13. The predicted molar refractivity (Wildman–Crippen MR) is 475 cm³/mol. The van der Waals surface area contributed by atoms with Crippen LogP contribution >= 0.6 is 11.6 Å². The number of nitrogens with one attached hydrogen (secondary N) is 2. The van der Waals surface area contributed by atoms with Crippen LogP contribution in [0.2, 0.25) is 5.02 Å². The van der Waals surface area contributed by atoms with Crippen LogP contribution in [-0.4, -0.2) is 182 Å². The van der Waals surface area contributed by atoms with Gasteiger partial charge in [-0.05, 0) is 158 Å². The zero-order chi connectivity index (χ0) is 87.5. The Bertz CT molecular complexity index is 2190. The molecule has 1 saturated heterocycles. The Morgan fingerprint density at radius 2 is 0.739 bits per heavy atom. The molecule has 662 valence electrons. The van der Waals surface area contributed by atoms with Crippen LogP contribution in [0.3, 0.4) is 0 Å². The minimum absolute atomic E-state index is 0. The lowest BCUT2D eigenvalue weighted by molar-refractivity contribution is -0.149. The zero-order valence-corrected chi connectivity index (χ0v) is 76.0. The van der Waals surface area contributed by atoms with Gasteiger partial charge in [0.05, 0.1) is 0 Å². The summed E-state index contributed by atoms with van der Waals surface area (Å²) in [5.41, 5.74) is 17.6. The minimum atomic E-state index is -0.854. The highest BCUT2D eigenvalue weighted by Gasteiger charge is 2.38. The number of rotatable bonds is 20. The van der Waals surface area contributed by atoms with E-state index in [0.29, 0.717) is 25.9 Å². The molecule has 0 unspecified atom stereocenters. The molecule has 0 aliphatic carbocycles. The maximum absolute atomic E-state index is 13.8. The number of halogens is 1. The van der Waals surface area contributed by atoms with Crippen LogP contribution in [0.1, 0.15) is 227 Å². The first-order valence-electron chi connectivity index (χ1n) is 36.3. The van der Waals surface area contributed by atoms with Crippen LogP contribution in [-0.2, 0) is 81.6 Å². The standard InChI is InChI=1S/C30H55N5O5.C8H9Cl.2C8H10.3C5H12.C3H8O.3CH5N.8CH2O.5H3N/c1-11-21(6)26(30(40)35-15-13-12-14-16-35)32-27(37)22(7)33(9)29(39)25(18-20(4)5)34(10)28(38)24(17-19(2)3)31-23(8)36;1-2-7-4-3-5-8(9)6-7;2*1-2-8-6-4-3-5-7-8;3*1-4-5(2)3;1-3(2)4;11*1-2;;;;;/h19-22,24-26H,11-18H2,1-10H3,(H,31,36)(H,32,37);3-6H,2H2,1H3;2*3-7H,2H2,1H3;3*5H,4H2,1-3H3;3-4H,1-2H3;3*2H2,1H3;8*1H2;5*1H3/t21-,22-,24-,25-,26-;;;;;;;;;;;;;;;;;;;;;;;/m0......................./s1. The van der Waals surface area contributed by atoms with Gasteiger partial charge in [-0.25, -0.2) is 0 Å². The summed E-state index contributed by atoms with van der Waals surface area (Å²) in [5, 5.41) is 14.6. The van der Waals surface area contributed by atoms with Crippen molar-refractivity contribution in [2.45, 2.75) is 260 Å². The van der Waals surface area contributed by atoms with Gasteiger partial charge in [0.25, 0.3) is 0 Å². The van der Waals surface area contributed by atoms with Gasteiger partial charge in [-0.3, -0.25) is 24.0 Å². The van der Waals surface area contributed by atoms with Crippen molar-refractivity contribution < 1.29 is 67.4 Å². The number of hydrogen-bond donors (Lipinski definition) is 11. The number of aliphatic hydroxyl groups excluding tert-OH is 1. The Labute approximate surface area is 683 Å². The Morgan fingerprint density at radius 1 is 0.441 bits per heavy atom. The fraction of sp³-hybridized carbons (Fsp3) is 0.627. The van der Waals surface area contributed by atoms with Crippen LogP contribution < -0.4 is 58.6 Å². The van der Waals surface area contributed by atoms with Crippen molar-refractivity contribution in [3.63, 3.8) is 0 Å². The molecule has 111 heavy (non-hydrogen) atoms. The molecule has 1 heterocycles. The normalized spacial score (nSPS) is 10.5. The number of amides is 5. The molecular weight excluding hydrogens is 1440 g/mol. The molecule has 1 fully saturated rings. The first-order chi connectivity index (χ1) is 50.3. The van der Waals surface area contributed by atoms with E-state index in [0.717, 1.165) is 67.7 Å². The average molecular weight is 1610 g/mol. The predicted octanol–water partition coefficient (Wildman–Crippen LogP) is 14.8. The number of nitrogens with two attached hydrogens (primary N) is 3. The third-order valence-electron chi connectivity index (χ3n) is 14.2. The summed E-state index contributed by atoms with van der Waals surface area (Å²) in [6, 6.07) is 25.8. The van der Waals surface area contributed by atoms with Gasteiger partial charge in [-0.2, -0.15) is 0 Å². The van der Waals surface area contributed by atoms with E-state index in [1.54, 1.807) is 34.9 Å². The van der Waals surface area contributed by atoms with Gasteiger partial charge in [0.2, 0.25) is 29.5 Å². The van der Waals surface area contributed by atoms with E-state index in [1.165, 1.54) is 73.8 Å². The van der Waals surface area contributed by atoms with E-state index in [2.05, 4.69) is 166 Å². The lowest BCUT2D eigenvalue weighted by Gasteiger charge is -2.37. The van der Waals surface area contributed by atoms with Crippen LogP contribution in [0.5, 0.6) is 0 Å². The number of aryl methyl sites for hydroxylation is 3. The molecule has 0 spiro atoms. The SMILES string of the molecule is C=O.C=O.C=O.C=O.C=O.C=O.C=O.C=O.CC(C)O.CCC(C)C.CCC(C)C.CCC(C)C.CC[C@H](C)[C@H](NC(=O)[C@H](C)N(C)C(=O)[C@H](CC(C)C)N(C)C(=O)[C@H](CC(C)C)NC(C)=O)C(=O)N1CCCCC1.CCc1cccc(Cl)c1.CCc1ccccc1.CCc1ccccc1.CN.CN.CN.N.N.N.N.N. The van der Waals surface area contributed by atoms with E-state index in [4.69, 9.17) is 55.1 Å². The topological polar surface area (TPSA) is 529 Å². The second-order valence-electron chi connectivity index (χ2n) is 24.5. The van der Waals surface area contributed by atoms with Gasteiger partial charge >= 0.3 is 0 Å². The van der Waals surface area contributed by atoms with E-state index >= 15 is 0 Å². The zero-order valence-electron chi connectivity index (χ0n) is 75.2. The lowest BCUT2D eigenvalue weighted by atomic mass is 9.96. The monoisotopic (exact) mass is 1610 g/mol. The lowest BCUT2D eigenvalue weighted by Crippen LogP contribution is -2.59. The van der Waals surface area contributed by atoms with Crippen LogP contribution in [0, 0.1) is 35.5 Å². The molecule has 0 bridgehead atoms. The van der Waals surface area contributed by atoms with Gasteiger partial charge in [0.1, 0.15) is 78.5 Å². The maximum Gasteiger partial charge on any atom is 0.245 e. The van der Waals surface area contributed by atoms with Gasteiger partial charge in [-0.15, -0.1) is 0 Å². The van der Waals surface area contributed by atoms with Crippen molar-refractivity contribution in [2.75, 3.05) is 48.3 Å². The van der Waals surface area contributed by atoms with E-state index in [9.17, 15) is 24.0 Å². The fourth-order valence-corrected chi connectivity index (χ4v) is 7.48. The number of likely N-dealkylation sites (tertiary alicyclic amines) is 1. The molecule has 27 nitrogen and oxygen atoms in total. The molecule has 5 atom stereocenters. The van der Waals surface area contributed by atoms with Gasteiger partial charge in [0.15, 0.2) is 0 Å². The first kappa shape index (κ1) is 156. The summed E-state index contributed by atoms with van der Waals surface area (Å²) < 4.78 is 0. The van der Waals surface area contributed by atoms with E-state index in [1.807, 2.05) is 131 Å². The number of hydrogen-bond acceptors (Lipinski definition) is 22. The molecule has 5 amide bonds. The molecule has 0 saturated carbocycles. The van der Waals surface area contributed by atoms with Gasteiger partial charge in [0, 0.05) is 45.2 Å². The molecule has 0 radical (unpaired) electrons. The second-order valence-corrected chi connectivity index (χ2v) is 25.0. The van der Waals surface area contributed by atoms with Gasteiger partial charge < -0.3 is 117 Å². The first-order valence-corrected chi connectivity index (χ1v) is 36.7. The van der Waals surface area contributed by atoms with Gasteiger partial charge in [-0.1, -0.05) is 235 Å². The second kappa shape index (κ2) is 126. The van der Waals surface area contributed by atoms with Crippen molar-refractivity contribution in [2.24, 2.45) is 52.7 Å². The number of carbonyl (C=O) groups is 13. The summed E-state index contributed by atoms with van der Waals surface area (Å²) in [6.07, 6.45) is 11.7. The Morgan fingerprint density at radius 3 is 0.973 bits per heavy atom. The third kappa shape index (κ3) is 111. The summed E-state index contributed by atoms with van der Waals surface area (Å²) in [4.78, 5) is 134. The molecular formula is C83H174ClN13O14. The smallest absolute Gasteiger partial charge is 0.245 e. The Hall–Kier alpha value is -7.70. The minimum Gasteiger partial charge on any atom is -0.394 e. The van der Waals surface area contributed by atoms with E-state index < -0.39 is 30.1 Å². The fourth-order valence-electron chi connectivity index (χ4n) is 7.26. The largest absolute Gasteiger partial charge is 0.394 e. The molecule has 3 aromatic carbocycles. The van der Waals surface area contributed by atoms with E-state index in [-0.39, 0.29) is 78.2 Å². The van der Waals surface area contributed by atoms with Crippen LogP contribution in [0.15, 0.2) is 84.9 Å². The third-order valence-corrected chi connectivity index (χ3v) is 14.4. The molecule has 1 aliphatic heterocycles. The van der Waals surface area contributed by atoms with Crippen molar-refractivity contribution in [3.05, 3.63) is 107 Å². The Balaban J connectivity index is -0.0000000530. The van der Waals surface area contributed by atoms with Crippen LogP contribution in [0.25, 0.3) is 0 Å². The molecule has 0 aromatic heterocycles. The Kier molecular flexibility index (Phi) is 177. The number of likely N-dealkylation sites (N-methyl/N-ethyl adjacent to an activating group) is 2. The molecule has 28 heteroatoms. The number of nitrogens with zero attached hydrogens (tertiary/aromatic N) is 3. The number of benzene rings is 3. The van der Waals surface area contributed by atoms with Crippen molar-refractivity contribution in [3.8, 4) is 0 Å². The molecule has 24 N–H and O–H groups in total. The number of piperidine rings is 1. The van der Waals surface area contributed by atoms with Crippen molar-refractivity contribution in [1.82, 2.24) is 56.1 Å². The summed E-state index contributed by atoms with van der Waals surface area (Å²) in [6.45, 7) is 62.0. The van der Waals surface area contributed by atoms with Crippen molar-refractivity contribution in [1.29, 1.82) is 0 Å².